The zero-order chi connectivity index (χ0) is 13.1. The Morgan fingerprint density at radius 2 is 1.65 bits per heavy atom. The summed E-state index contributed by atoms with van der Waals surface area (Å²) in [5.74, 6) is 6.99. The van der Waals surface area contributed by atoms with Crippen molar-refractivity contribution in [3.05, 3.63) is 0 Å². The fraction of sp³-hybridized carbons (Fsp3) is 0.900. The predicted octanol–water partition coefficient (Wildman–Crippen LogP) is 3.53. The average molecular weight is 365 g/mol. The monoisotopic (exact) mass is 364 g/mol. The Morgan fingerprint density at radius 1 is 1.00 bits per heavy atom. The van der Waals surface area contributed by atoms with Crippen LogP contribution in [-0.2, 0) is 0 Å². The molecule has 0 aliphatic rings. The fourth-order valence-electron chi connectivity index (χ4n) is 1.20. The summed E-state index contributed by atoms with van der Waals surface area (Å²) < 4.78 is 0. The van der Waals surface area contributed by atoms with E-state index in [-0.39, 0.29) is 0 Å². The Kier molecular flexibility index (Phi) is 14.9. The molecule has 0 nitrogen and oxygen atoms in total. The van der Waals surface area contributed by atoms with Crippen LogP contribution in [0.2, 0.25) is 0 Å². The van der Waals surface area contributed by atoms with Crippen molar-refractivity contribution < 1.29 is 0 Å². The van der Waals surface area contributed by atoms with E-state index >= 15 is 0 Å². The molecule has 0 aromatic carbocycles. The fourth-order valence-corrected chi connectivity index (χ4v) is 5.45. The van der Waals surface area contributed by atoms with Crippen LogP contribution < -0.4 is 0 Å². The van der Waals surface area contributed by atoms with Crippen molar-refractivity contribution >= 4 is 91.1 Å². The molecule has 2 atom stereocenters. The van der Waals surface area contributed by atoms with Gasteiger partial charge in [0.25, 0.3) is 0 Å². The van der Waals surface area contributed by atoms with E-state index < -0.39 is 0 Å². The van der Waals surface area contributed by atoms with Crippen LogP contribution in [0.4, 0.5) is 0 Å². The van der Waals surface area contributed by atoms with E-state index in [1.165, 1.54) is 0 Å². The summed E-state index contributed by atoms with van der Waals surface area (Å²) in [6, 6.07) is 0. The van der Waals surface area contributed by atoms with Gasteiger partial charge in [-0.2, -0.15) is 74.0 Å². The molecular formula is C10H20S7. The molecule has 2 unspecified atom stereocenters. The van der Waals surface area contributed by atoms with E-state index in [0.29, 0.717) is 11.2 Å². The molecule has 0 aromatic heterocycles. The first-order valence-electron chi connectivity index (χ1n) is 5.37. The van der Waals surface area contributed by atoms with E-state index in [4.69, 9.17) is 12.2 Å². The van der Waals surface area contributed by atoms with Gasteiger partial charge in [-0.15, -0.1) is 0 Å². The molecule has 0 saturated heterocycles. The lowest BCUT2D eigenvalue weighted by Gasteiger charge is -2.22. The second-order valence-electron chi connectivity index (χ2n) is 3.35. The number of thiol groups is 4. The molecular weight excluding hydrogens is 345 g/mol. The molecule has 0 amide bonds. The van der Waals surface area contributed by atoms with Gasteiger partial charge in [0, 0.05) is 39.0 Å². The summed E-state index contributed by atoms with van der Waals surface area (Å²) in [6.07, 6.45) is 0. The molecule has 0 fully saturated rings. The molecule has 0 radical (unpaired) electrons. The maximum absolute atomic E-state index is 5.58. The van der Waals surface area contributed by atoms with Gasteiger partial charge in [-0.25, -0.2) is 0 Å². The van der Waals surface area contributed by atoms with Gasteiger partial charge in [-0.05, 0) is 17.3 Å². The van der Waals surface area contributed by atoms with E-state index in [9.17, 15) is 0 Å². The lowest BCUT2D eigenvalue weighted by atomic mass is 10.1. The highest BCUT2D eigenvalue weighted by Gasteiger charge is 2.21. The second-order valence-corrected chi connectivity index (χ2v) is 7.90. The van der Waals surface area contributed by atoms with Gasteiger partial charge in [0.15, 0.2) is 0 Å². The predicted molar refractivity (Wildman–Crippen MR) is 105 cm³/mol. The topological polar surface area (TPSA) is 0 Å². The van der Waals surface area contributed by atoms with Gasteiger partial charge < -0.3 is 0 Å². The van der Waals surface area contributed by atoms with E-state index in [0.717, 1.165) is 45.1 Å². The van der Waals surface area contributed by atoms with E-state index in [2.05, 4.69) is 50.5 Å². The van der Waals surface area contributed by atoms with Crippen LogP contribution in [0.15, 0.2) is 0 Å². The summed E-state index contributed by atoms with van der Waals surface area (Å²) in [4.78, 5) is 1.12. The number of rotatable bonds is 11. The Hall–Kier alpha value is 2.19. The highest BCUT2D eigenvalue weighted by Crippen LogP contribution is 2.22. The van der Waals surface area contributed by atoms with Crippen molar-refractivity contribution in [3.8, 4) is 0 Å². The maximum Gasteiger partial charge on any atom is 0.0452 e. The molecule has 7 heteroatoms. The van der Waals surface area contributed by atoms with Gasteiger partial charge in [0.05, 0.1) is 0 Å². The van der Waals surface area contributed by atoms with Crippen LogP contribution in [0.3, 0.4) is 0 Å². The van der Waals surface area contributed by atoms with Crippen LogP contribution in [0.1, 0.15) is 0 Å². The van der Waals surface area contributed by atoms with Gasteiger partial charge in [-0.1, -0.05) is 12.2 Å². The molecule has 0 saturated carbocycles. The highest BCUT2D eigenvalue weighted by molar-refractivity contribution is 8.03. The average Bonchev–Trinajstić information content (AvgIpc) is 2.35. The zero-order valence-corrected chi connectivity index (χ0v) is 15.6. The quantitative estimate of drug-likeness (QED) is 0.252. The lowest BCUT2D eigenvalue weighted by Crippen LogP contribution is -2.29. The molecule has 0 aromatic rings. The Morgan fingerprint density at radius 3 is 2.12 bits per heavy atom. The van der Waals surface area contributed by atoms with Gasteiger partial charge >= 0.3 is 0 Å². The Balaban J connectivity index is 4.17. The van der Waals surface area contributed by atoms with Crippen molar-refractivity contribution in [2.45, 2.75) is 5.25 Å². The normalized spacial score (nSPS) is 14.6. The molecule has 0 bridgehead atoms. The zero-order valence-electron chi connectivity index (χ0n) is 9.62. The van der Waals surface area contributed by atoms with Crippen LogP contribution in [0.25, 0.3) is 0 Å². The summed E-state index contributed by atoms with van der Waals surface area (Å²) in [7, 11) is 0. The molecule has 0 aliphatic heterocycles. The van der Waals surface area contributed by atoms with Gasteiger partial charge in [-0.3, -0.25) is 0 Å². The van der Waals surface area contributed by atoms with Crippen molar-refractivity contribution in [3.63, 3.8) is 0 Å². The molecule has 17 heavy (non-hydrogen) atoms. The molecule has 0 rings (SSSR count). The number of thioether (sulfide) groups is 2. The molecule has 102 valence electrons. The minimum absolute atomic E-state index is 0.356. The second kappa shape index (κ2) is 13.2. The lowest BCUT2D eigenvalue weighted by molar-refractivity contribution is 0.916. The first-order valence-corrected chi connectivity index (χ1v) is 10.5. The summed E-state index contributed by atoms with van der Waals surface area (Å²) in [5, 5.41) is 0.356. The van der Waals surface area contributed by atoms with Gasteiger partial charge in [0.1, 0.15) is 0 Å². The number of thiocarbonyl (C=S) groups is 1. The van der Waals surface area contributed by atoms with Crippen LogP contribution in [-0.4, -0.2) is 50.4 Å². The third kappa shape index (κ3) is 8.87. The van der Waals surface area contributed by atoms with Crippen molar-refractivity contribution in [1.29, 1.82) is 0 Å². The third-order valence-electron chi connectivity index (χ3n) is 2.07. The van der Waals surface area contributed by atoms with Crippen molar-refractivity contribution in [2.75, 3.05) is 40.3 Å². The smallest absolute Gasteiger partial charge is 0.0452 e. The largest absolute Gasteiger partial charge is 0.179 e. The van der Waals surface area contributed by atoms with Crippen LogP contribution in [0, 0.1) is 5.92 Å². The SMILES string of the molecule is S=C(C(CS)CSCCS)C(CS)SCCS. The maximum atomic E-state index is 5.58. The van der Waals surface area contributed by atoms with Crippen molar-refractivity contribution in [2.24, 2.45) is 5.92 Å². The van der Waals surface area contributed by atoms with Crippen LogP contribution >= 0.6 is 86.3 Å². The molecule has 0 aliphatic carbocycles. The molecule has 0 N–H and O–H groups in total. The Labute approximate surface area is 141 Å². The standard InChI is InChI=1S/C10H20S7/c11-1-3-16-7-8(5-13)10(15)9(6-14)17-4-2-12/h8-9,11-14H,1-7H2. The third-order valence-corrected chi connectivity index (χ3v) is 7.34. The number of hydrogen-bond acceptors (Lipinski definition) is 7. The first-order chi connectivity index (χ1) is 8.21. The summed E-state index contributed by atoms with van der Waals surface area (Å²) in [5.41, 5.74) is 0. The summed E-state index contributed by atoms with van der Waals surface area (Å²) in [6.45, 7) is 0. The highest BCUT2D eigenvalue weighted by atomic mass is 32.2. The minimum Gasteiger partial charge on any atom is -0.179 e. The number of hydrogen-bond donors (Lipinski definition) is 4. The molecule has 0 heterocycles. The van der Waals surface area contributed by atoms with Crippen molar-refractivity contribution in [1.82, 2.24) is 0 Å². The van der Waals surface area contributed by atoms with Gasteiger partial charge in [0.2, 0.25) is 0 Å². The van der Waals surface area contributed by atoms with Crippen LogP contribution in [0.5, 0.6) is 0 Å². The van der Waals surface area contributed by atoms with E-state index in [1.54, 1.807) is 0 Å². The minimum atomic E-state index is 0.356. The van der Waals surface area contributed by atoms with E-state index in [1.807, 2.05) is 23.5 Å². The summed E-state index contributed by atoms with van der Waals surface area (Å²) >= 11 is 26.6. The Bertz CT molecular complexity index is 197. The molecule has 0 spiro atoms. The first kappa shape index (κ1) is 19.2.